The summed E-state index contributed by atoms with van der Waals surface area (Å²) >= 11 is 0. The normalized spacial score (nSPS) is 18.0. The van der Waals surface area contributed by atoms with E-state index in [4.69, 9.17) is 4.74 Å². The van der Waals surface area contributed by atoms with Crippen molar-refractivity contribution >= 4 is 16.9 Å². The van der Waals surface area contributed by atoms with Gasteiger partial charge in [-0.15, -0.1) is 0 Å². The second-order valence-electron chi connectivity index (χ2n) is 8.07. The maximum atomic E-state index is 10.8. The largest absolute Gasteiger partial charge is 0.387 e. The first-order valence-corrected chi connectivity index (χ1v) is 10.6. The van der Waals surface area contributed by atoms with Gasteiger partial charge in [0.25, 0.3) is 0 Å². The summed E-state index contributed by atoms with van der Waals surface area (Å²) in [6, 6.07) is 6.34. The number of hydrogen-bond acceptors (Lipinski definition) is 4. The smallest absolute Gasteiger partial charge is 0.191 e. The number of aliphatic imine (C=N–C) groups is 1. The lowest BCUT2D eigenvalue weighted by molar-refractivity contribution is -0.0179. The Bertz CT molecular complexity index is 809. The number of ether oxygens (including phenoxy) is 1. The molecule has 0 amide bonds. The molecule has 1 fully saturated rings. The number of hydrogen-bond donors (Lipinski definition) is 4. The Balaban J connectivity index is 1.54. The van der Waals surface area contributed by atoms with Crippen molar-refractivity contribution in [2.24, 2.45) is 4.99 Å². The fourth-order valence-corrected chi connectivity index (χ4v) is 3.85. The van der Waals surface area contributed by atoms with Gasteiger partial charge >= 0.3 is 0 Å². The summed E-state index contributed by atoms with van der Waals surface area (Å²) in [5, 5.41) is 18.7. The van der Waals surface area contributed by atoms with Crippen LogP contribution in [0.15, 0.2) is 29.4 Å². The molecule has 2 heterocycles. The van der Waals surface area contributed by atoms with E-state index < -0.39 is 5.60 Å². The maximum absolute atomic E-state index is 10.8. The van der Waals surface area contributed by atoms with Crippen molar-refractivity contribution in [1.82, 2.24) is 20.5 Å². The number of aliphatic hydroxyl groups is 1. The molecule has 1 atom stereocenters. The molecule has 160 valence electrons. The molecule has 1 unspecified atom stereocenters. The molecule has 1 aromatic carbocycles. The fourth-order valence-electron chi connectivity index (χ4n) is 3.85. The van der Waals surface area contributed by atoms with E-state index in [0.29, 0.717) is 13.1 Å². The molecule has 1 aliphatic heterocycles. The Morgan fingerprint density at radius 2 is 2.10 bits per heavy atom. The molecule has 7 nitrogen and oxygen atoms in total. The zero-order valence-corrected chi connectivity index (χ0v) is 17.9. The number of H-pyrrole nitrogens is 1. The summed E-state index contributed by atoms with van der Waals surface area (Å²) in [6.45, 7) is 11.8. The molecule has 1 saturated heterocycles. The molecule has 0 radical (unpaired) electrons. The summed E-state index contributed by atoms with van der Waals surface area (Å²) in [5.74, 6) is 0.742. The van der Waals surface area contributed by atoms with Crippen LogP contribution in [0.25, 0.3) is 10.9 Å². The van der Waals surface area contributed by atoms with Crippen LogP contribution in [0.5, 0.6) is 0 Å². The van der Waals surface area contributed by atoms with E-state index >= 15 is 0 Å². The Hall–Kier alpha value is -2.09. The molecule has 1 aromatic heterocycles. The second kappa shape index (κ2) is 10.1. The molecule has 0 saturated carbocycles. The number of aromatic amines is 1. The molecule has 0 spiro atoms. The van der Waals surface area contributed by atoms with Crippen LogP contribution in [0.1, 0.15) is 25.0 Å². The molecule has 0 bridgehead atoms. The second-order valence-corrected chi connectivity index (χ2v) is 8.07. The van der Waals surface area contributed by atoms with Crippen LogP contribution in [0.3, 0.4) is 0 Å². The number of nitrogens with zero attached hydrogens (tertiary/aromatic N) is 2. The number of guanidine groups is 1. The van der Waals surface area contributed by atoms with Crippen molar-refractivity contribution < 1.29 is 9.84 Å². The van der Waals surface area contributed by atoms with Gasteiger partial charge < -0.3 is 25.5 Å². The lowest BCUT2D eigenvalue weighted by Crippen LogP contribution is -2.48. The number of aromatic nitrogens is 1. The van der Waals surface area contributed by atoms with E-state index in [9.17, 15) is 5.11 Å². The van der Waals surface area contributed by atoms with E-state index in [0.717, 1.165) is 51.8 Å². The molecule has 0 aliphatic carbocycles. The van der Waals surface area contributed by atoms with Crippen LogP contribution in [0.4, 0.5) is 0 Å². The molecule has 7 heteroatoms. The molecule has 2 aromatic rings. The average Bonchev–Trinajstić information content (AvgIpc) is 3.11. The number of morpholine rings is 1. The predicted molar refractivity (Wildman–Crippen MR) is 119 cm³/mol. The Morgan fingerprint density at radius 1 is 1.31 bits per heavy atom. The third kappa shape index (κ3) is 6.19. The van der Waals surface area contributed by atoms with Crippen molar-refractivity contribution in [2.75, 3.05) is 52.5 Å². The fraction of sp³-hybridized carbons (Fsp3) is 0.591. The van der Waals surface area contributed by atoms with E-state index in [1.807, 2.05) is 13.8 Å². The topological polar surface area (TPSA) is 84.9 Å². The monoisotopic (exact) mass is 401 g/mol. The van der Waals surface area contributed by atoms with E-state index in [2.05, 4.69) is 56.8 Å². The summed E-state index contributed by atoms with van der Waals surface area (Å²) in [7, 11) is 0. The number of fused-ring (bicyclic) bond motifs is 1. The number of benzene rings is 1. The lowest BCUT2D eigenvalue weighted by Gasteiger charge is -2.33. The van der Waals surface area contributed by atoms with Gasteiger partial charge in [0.1, 0.15) is 0 Å². The van der Waals surface area contributed by atoms with Gasteiger partial charge in [-0.1, -0.05) is 12.1 Å². The highest BCUT2D eigenvalue weighted by Gasteiger charge is 2.25. The summed E-state index contributed by atoms with van der Waals surface area (Å²) in [6.07, 6.45) is 3.00. The van der Waals surface area contributed by atoms with Crippen molar-refractivity contribution in [2.45, 2.75) is 32.8 Å². The van der Waals surface area contributed by atoms with Crippen LogP contribution in [0.2, 0.25) is 0 Å². The molecule has 29 heavy (non-hydrogen) atoms. The third-order valence-electron chi connectivity index (χ3n) is 5.27. The maximum Gasteiger partial charge on any atom is 0.191 e. The minimum atomic E-state index is -0.867. The molecule has 1 aliphatic rings. The SMILES string of the molecule is CCNC(=NCC(C)(O)CN1CCOCC1)NCCc1c[nH]c2cccc(C)c12. The van der Waals surface area contributed by atoms with E-state index in [1.165, 1.54) is 22.0 Å². The minimum Gasteiger partial charge on any atom is -0.387 e. The first kappa shape index (κ1) is 21.6. The van der Waals surface area contributed by atoms with Crippen molar-refractivity contribution in [1.29, 1.82) is 0 Å². The minimum absolute atomic E-state index is 0.353. The first-order chi connectivity index (χ1) is 14.0. The molecular formula is C22H35N5O2. The molecule has 3 rings (SSSR count). The van der Waals surface area contributed by atoms with Gasteiger partial charge in [-0.05, 0) is 44.4 Å². The zero-order chi connectivity index (χ0) is 20.7. The third-order valence-corrected chi connectivity index (χ3v) is 5.27. The van der Waals surface area contributed by atoms with Gasteiger partial charge in [-0.3, -0.25) is 9.89 Å². The first-order valence-electron chi connectivity index (χ1n) is 10.6. The Morgan fingerprint density at radius 3 is 2.86 bits per heavy atom. The van der Waals surface area contributed by atoms with Gasteiger partial charge in [-0.25, -0.2) is 0 Å². The highest BCUT2D eigenvalue weighted by Crippen LogP contribution is 2.22. The quantitative estimate of drug-likeness (QED) is 0.399. The average molecular weight is 402 g/mol. The Labute approximate surface area is 173 Å². The number of nitrogens with one attached hydrogen (secondary N) is 3. The summed E-state index contributed by atoms with van der Waals surface area (Å²) < 4.78 is 5.38. The number of aryl methyl sites for hydroxylation is 1. The van der Waals surface area contributed by atoms with Gasteiger partial charge in [0.15, 0.2) is 5.96 Å². The highest BCUT2D eigenvalue weighted by atomic mass is 16.5. The van der Waals surface area contributed by atoms with E-state index in [1.54, 1.807) is 0 Å². The van der Waals surface area contributed by atoms with Crippen molar-refractivity contribution in [3.63, 3.8) is 0 Å². The van der Waals surface area contributed by atoms with Crippen LogP contribution in [-0.2, 0) is 11.2 Å². The van der Waals surface area contributed by atoms with Crippen LogP contribution < -0.4 is 10.6 Å². The van der Waals surface area contributed by atoms with E-state index in [-0.39, 0.29) is 0 Å². The molecular weight excluding hydrogens is 366 g/mol. The van der Waals surface area contributed by atoms with Gasteiger partial charge in [0, 0.05) is 49.8 Å². The van der Waals surface area contributed by atoms with Gasteiger partial charge in [0.2, 0.25) is 0 Å². The number of β-amino-alcohol motifs (C(OH)–C–C–N with tert-alkyl or cyclic N) is 1. The zero-order valence-electron chi connectivity index (χ0n) is 17.9. The van der Waals surface area contributed by atoms with Gasteiger partial charge in [-0.2, -0.15) is 0 Å². The summed E-state index contributed by atoms with van der Waals surface area (Å²) in [4.78, 5) is 10.2. The molecule has 4 N–H and O–H groups in total. The Kier molecular flexibility index (Phi) is 7.52. The van der Waals surface area contributed by atoms with Crippen LogP contribution in [-0.4, -0.2) is 79.0 Å². The highest BCUT2D eigenvalue weighted by molar-refractivity contribution is 5.86. The standard InChI is InChI=1S/C22H35N5O2/c1-4-23-21(26-15-22(3,28)16-27-10-12-29-13-11-27)24-9-8-18-14-25-19-7-5-6-17(2)20(18)19/h5-7,14,25,28H,4,8-13,15-16H2,1-3H3,(H2,23,24,26). The lowest BCUT2D eigenvalue weighted by atomic mass is 10.1. The van der Waals surface area contributed by atoms with Crippen molar-refractivity contribution in [3.8, 4) is 0 Å². The predicted octanol–water partition coefficient (Wildman–Crippen LogP) is 1.66. The summed E-state index contributed by atoms with van der Waals surface area (Å²) in [5.41, 5.74) is 2.91. The van der Waals surface area contributed by atoms with Crippen LogP contribution in [0, 0.1) is 6.92 Å². The number of rotatable bonds is 8. The van der Waals surface area contributed by atoms with Crippen LogP contribution >= 0.6 is 0 Å². The van der Waals surface area contributed by atoms with Gasteiger partial charge in [0.05, 0.1) is 25.4 Å². The van der Waals surface area contributed by atoms with Crippen molar-refractivity contribution in [3.05, 3.63) is 35.5 Å².